The van der Waals surface area contributed by atoms with Gasteiger partial charge in [-0.05, 0) is 49.6 Å². The van der Waals surface area contributed by atoms with Gasteiger partial charge in [-0.25, -0.2) is 14.8 Å². The van der Waals surface area contributed by atoms with Crippen molar-refractivity contribution in [3.05, 3.63) is 82.6 Å². The lowest BCUT2D eigenvalue weighted by Gasteiger charge is -2.41. The molecule has 2 atom stereocenters. The number of nitrogens with two attached hydrogens (primary N) is 1. The molecule has 3 aliphatic heterocycles. The lowest BCUT2D eigenvalue weighted by molar-refractivity contribution is -0.112. The van der Waals surface area contributed by atoms with E-state index in [2.05, 4.69) is 20.2 Å². The van der Waals surface area contributed by atoms with E-state index in [1.54, 1.807) is 49.6 Å². The Hall–Kier alpha value is -4.52. The topological polar surface area (TPSA) is 163 Å². The number of hydrogen-bond donors (Lipinski definition) is 4. The summed E-state index contributed by atoms with van der Waals surface area (Å²) >= 11 is 8.03. The first kappa shape index (κ1) is 33.4. The maximum atomic E-state index is 13.6. The summed E-state index contributed by atoms with van der Waals surface area (Å²) in [6.07, 6.45) is 6.85. The number of piperidine rings is 1. The van der Waals surface area contributed by atoms with Gasteiger partial charge in [0.25, 0.3) is 5.91 Å². The van der Waals surface area contributed by atoms with Gasteiger partial charge in [-0.3, -0.25) is 4.79 Å². The Morgan fingerprint density at radius 1 is 1.21 bits per heavy atom. The minimum Gasteiger partial charge on any atom is -0.506 e. The Bertz CT molecular complexity index is 1850. The van der Waals surface area contributed by atoms with Crippen LogP contribution < -0.4 is 20.7 Å². The van der Waals surface area contributed by atoms with Crippen LogP contribution in [0, 0.1) is 5.41 Å². The number of likely N-dealkylation sites (N-methyl/N-ethyl adjacent to an activating group) is 1. The number of anilines is 2. The Labute approximate surface area is 286 Å². The molecule has 3 aromatic rings. The molecule has 14 heteroatoms. The number of aliphatic hydroxyl groups is 1. The number of phenols is 1. The van der Waals surface area contributed by atoms with E-state index in [4.69, 9.17) is 26.8 Å². The van der Waals surface area contributed by atoms with Gasteiger partial charge in [0.05, 0.1) is 42.9 Å². The molecule has 1 amide bonds. The molecule has 2 fully saturated rings. The second kappa shape index (κ2) is 13.5. The van der Waals surface area contributed by atoms with Gasteiger partial charge in [0, 0.05) is 48.3 Å². The van der Waals surface area contributed by atoms with Gasteiger partial charge >= 0.3 is 0 Å². The number of aromatic nitrogens is 2. The number of nitrogens with one attached hydrogen (secondary N) is 1. The molecule has 0 saturated carbocycles. The van der Waals surface area contributed by atoms with Crippen LogP contribution in [0.5, 0.6) is 11.5 Å². The fraction of sp³-hybridized carbons (Fsp3) is 0.324. The maximum absolute atomic E-state index is 13.6. The summed E-state index contributed by atoms with van der Waals surface area (Å²) in [5.74, 6) is 1.38. The molecule has 0 bridgehead atoms. The highest BCUT2D eigenvalue weighted by Gasteiger charge is 2.47. The second-order valence-electron chi connectivity index (χ2n) is 12.0. The molecular weight excluding hydrogens is 656 g/mol. The van der Waals surface area contributed by atoms with E-state index in [1.807, 2.05) is 6.92 Å². The summed E-state index contributed by atoms with van der Waals surface area (Å²) < 4.78 is 11.0. The number of hydrogen-bond acceptors (Lipinski definition) is 12. The first-order valence-electron chi connectivity index (χ1n) is 15.3. The Morgan fingerprint density at radius 3 is 2.62 bits per heavy atom. The molecule has 4 heterocycles. The number of allylic oxidation sites excluding steroid dienone is 1. The Kier molecular flexibility index (Phi) is 9.41. The molecule has 5 N–H and O–H groups in total. The zero-order valence-corrected chi connectivity index (χ0v) is 28.1. The van der Waals surface area contributed by atoms with Crippen molar-refractivity contribution >= 4 is 52.3 Å². The van der Waals surface area contributed by atoms with Crippen LogP contribution in [0.25, 0.3) is 5.57 Å². The first-order valence-corrected chi connectivity index (χ1v) is 16.5. The van der Waals surface area contributed by atoms with E-state index >= 15 is 0 Å². The van der Waals surface area contributed by atoms with Crippen LogP contribution >= 0.6 is 23.4 Å². The van der Waals surface area contributed by atoms with Crippen LogP contribution in [0.4, 0.5) is 11.5 Å². The third kappa shape index (κ3) is 6.23. The number of rotatable bonds is 7. The van der Waals surface area contributed by atoms with Crippen LogP contribution in [0.3, 0.4) is 0 Å². The molecule has 1 spiro atoms. The summed E-state index contributed by atoms with van der Waals surface area (Å²) in [6, 6.07) is 9.62. The number of aromatic hydroxyl groups is 1. The summed E-state index contributed by atoms with van der Waals surface area (Å²) in [7, 11) is 2.95. The van der Waals surface area contributed by atoms with E-state index in [-0.39, 0.29) is 56.6 Å². The van der Waals surface area contributed by atoms with Crippen LogP contribution in [-0.2, 0) is 14.3 Å². The lowest BCUT2D eigenvalue weighted by atomic mass is 9.73. The Balaban J connectivity index is 1.17. The molecule has 2 saturated heterocycles. The van der Waals surface area contributed by atoms with Crippen molar-refractivity contribution in [2.24, 2.45) is 11.1 Å². The third-order valence-corrected chi connectivity index (χ3v) is 10.7. The van der Waals surface area contributed by atoms with Crippen LogP contribution in [0.2, 0.25) is 5.02 Å². The SMILES string of the molecule is COc1cc(C2=CN(C)C(=C=O)C(C(=O)Nc3cccc(Sc4cnc(N5CCC6(CC5)CO[C@@H](C)[C@H]6N)cn4)c3Cl)=C2O)ccc1O. The first-order chi connectivity index (χ1) is 23.0. The zero-order chi connectivity index (χ0) is 34.2. The van der Waals surface area contributed by atoms with Crippen molar-refractivity contribution in [1.82, 2.24) is 14.9 Å². The molecule has 2 aromatic carbocycles. The van der Waals surface area contributed by atoms with Gasteiger partial charge in [-0.1, -0.05) is 35.5 Å². The largest absolute Gasteiger partial charge is 0.506 e. The molecule has 0 aliphatic carbocycles. The van der Waals surface area contributed by atoms with Crippen LogP contribution in [-0.4, -0.2) is 82.9 Å². The van der Waals surface area contributed by atoms with Crippen molar-refractivity contribution in [3.63, 3.8) is 0 Å². The van der Waals surface area contributed by atoms with E-state index in [0.29, 0.717) is 22.1 Å². The number of ether oxygens (including phenoxy) is 2. The number of nitrogens with zero attached hydrogens (tertiary/aromatic N) is 4. The van der Waals surface area contributed by atoms with Gasteiger partial charge in [0.1, 0.15) is 27.9 Å². The number of carbonyl (C=O) groups is 1. The molecule has 0 unspecified atom stereocenters. The van der Waals surface area contributed by atoms with Gasteiger partial charge < -0.3 is 40.5 Å². The molecule has 12 nitrogen and oxygen atoms in total. The quantitative estimate of drug-likeness (QED) is 0.251. The number of halogens is 1. The van der Waals surface area contributed by atoms with Crippen LogP contribution in [0.1, 0.15) is 25.3 Å². The third-order valence-electron chi connectivity index (χ3n) is 9.19. The zero-order valence-electron chi connectivity index (χ0n) is 26.6. The molecule has 1 aromatic heterocycles. The number of amides is 1. The standard InChI is InChI=1S/C34H35ClN6O6S/c1-19-32(36)34(18-47-19)9-11-41(12-10-34)27-14-38-28(15-37-27)48-26-6-4-5-22(30(26)35)39-33(45)29-23(17-42)40(2)16-21(31(29)44)20-7-8-24(43)25(13-20)46-3/h4-8,13-16,19,32,43-44H,9-12,18,36H2,1-3H3,(H,39,45)/t19-,32+/m0/s1. The molecule has 250 valence electrons. The van der Waals surface area contributed by atoms with E-state index in [1.165, 1.54) is 42.1 Å². The predicted molar refractivity (Wildman–Crippen MR) is 183 cm³/mol. The monoisotopic (exact) mass is 690 g/mol. The number of methoxy groups -OCH3 is 1. The number of phenolic OH excluding ortho intramolecular Hbond substituents is 1. The number of benzene rings is 2. The average Bonchev–Trinajstić information content (AvgIpc) is 3.36. The van der Waals surface area contributed by atoms with Crippen molar-refractivity contribution in [1.29, 1.82) is 0 Å². The highest BCUT2D eigenvalue weighted by atomic mass is 35.5. The number of carbonyl (C=O) groups excluding carboxylic acids is 2. The van der Waals surface area contributed by atoms with Crippen molar-refractivity contribution in [2.75, 3.05) is 44.1 Å². The maximum Gasteiger partial charge on any atom is 0.262 e. The van der Waals surface area contributed by atoms with E-state index in [9.17, 15) is 19.8 Å². The van der Waals surface area contributed by atoms with Gasteiger partial charge in [0.15, 0.2) is 17.4 Å². The van der Waals surface area contributed by atoms with Crippen LogP contribution in [0.15, 0.2) is 81.9 Å². The summed E-state index contributed by atoms with van der Waals surface area (Å²) in [6.45, 7) is 4.38. The summed E-state index contributed by atoms with van der Waals surface area (Å²) in [5, 5.41) is 24.8. The van der Waals surface area contributed by atoms with Gasteiger partial charge in [-0.15, -0.1) is 0 Å². The minimum absolute atomic E-state index is 0.0174. The molecular formula is C34H35ClN6O6S. The highest BCUT2D eigenvalue weighted by Crippen LogP contribution is 2.43. The fourth-order valence-corrected chi connectivity index (χ4v) is 7.37. The molecule has 0 radical (unpaired) electrons. The number of aliphatic hydroxyl groups excluding tert-OH is 1. The second-order valence-corrected chi connectivity index (χ2v) is 13.4. The van der Waals surface area contributed by atoms with Gasteiger partial charge in [0.2, 0.25) is 0 Å². The minimum atomic E-state index is -0.773. The van der Waals surface area contributed by atoms with E-state index < -0.39 is 11.7 Å². The van der Waals surface area contributed by atoms with Gasteiger partial charge in [-0.2, -0.15) is 0 Å². The highest BCUT2D eigenvalue weighted by molar-refractivity contribution is 7.99. The summed E-state index contributed by atoms with van der Waals surface area (Å²) in [5.41, 5.74) is 6.95. The van der Waals surface area contributed by atoms with E-state index in [0.717, 1.165) is 31.7 Å². The predicted octanol–water partition coefficient (Wildman–Crippen LogP) is 4.78. The lowest BCUT2D eigenvalue weighted by Crippen LogP contribution is -2.50. The summed E-state index contributed by atoms with van der Waals surface area (Å²) in [4.78, 5) is 39.0. The van der Waals surface area contributed by atoms with Crippen molar-refractivity contribution in [2.45, 2.75) is 41.8 Å². The smallest absolute Gasteiger partial charge is 0.262 e. The normalized spacial score (nSPS) is 20.5. The molecule has 6 rings (SSSR count). The molecule has 48 heavy (non-hydrogen) atoms. The average molecular weight is 691 g/mol. The van der Waals surface area contributed by atoms with Crippen molar-refractivity contribution < 1.29 is 29.3 Å². The van der Waals surface area contributed by atoms with Crippen molar-refractivity contribution in [3.8, 4) is 11.5 Å². The Morgan fingerprint density at radius 2 is 1.98 bits per heavy atom. The molecule has 3 aliphatic rings. The fourth-order valence-electron chi connectivity index (χ4n) is 6.30.